The second kappa shape index (κ2) is 6.71. The van der Waals surface area contributed by atoms with E-state index in [1.54, 1.807) is 4.90 Å². The molecule has 2 N–H and O–H groups in total. The van der Waals surface area contributed by atoms with E-state index in [1.165, 1.54) is 0 Å². The van der Waals surface area contributed by atoms with E-state index in [9.17, 15) is 14.7 Å². The first-order valence-corrected chi connectivity index (χ1v) is 8.47. The van der Waals surface area contributed by atoms with Crippen molar-refractivity contribution in [3.8, 4) is 5.75 Å². The number of nitrogens with one attached hydrogen (secondary N) is 1. The molecule has 1 saturated carbocycles. The maximum absolute atomic E-state index is 12.3. The highest BCUT2D eigenvalue weighted by atomic mass is 16.5. The molecule has 0 aromatic heterocycles. The van der Waals surface area contributed by atoms with Gasteiger partial charge >= 0.3 is 12.0 Å². The van der Waals surface area contributed by atoms with Crippen molar-refractivity contribution in [1.29, 1.82) is 0 Å². The van der Waals surface area contributed by atoms with E-state index in [4.69, 9.17) is 4.74 Å². The number of aryl methyl sites for hydroxylation is 1. The van der Waals surface area contributed by atoms with E-state index in [0.29, 0.717) is 32.7 Å². The maximum atomic E-state index is 12.3. The smallest absolute Gasteiger partial charge is 0.317 e. The lowest BCUT2D eigenvalue weighted by Gasteiger charge is -2.23. The standard InChI is InChI=1S/C18H24N2O4/c1-13-5-2-3-7-15(13)24-10-9-19-17(23)20-11-14-6-4-8-18(14,12-20)16(21)22/h2-3,5,7,14H,4,6,8-12H2,1H3,(H,19,23)(H,21,22)/t14-,18+/m0/s1. The fourth-order valence-corrected chi connectivity index (χ4v) is 3.94. The third-order valence-corrected chi connectivity index (χ3v) is 5.31. The quantitative estimate of drug-likeness (QED) is 0.811. The van der Waals surface area contributed by atoms with Gasteiger partial charge in [0, 0.05) is 13.1 Å². The van der Waals surface area contributed by atoms with Crippen LogP contribution in [0.25, 0.3) is 0 Å². The first-order chi connectivity index (χ1) is 11.5. The van der Waals surface area contributed by atoms with Crippen molar-refractivity contribution in [3.63, 3.8) is 0 Å². The van der Waals surface area contributed by atoms with Crippen molar-refractivity contribution in [2.24, 2.45) is 11.3 Å². The largest absolute Gasteiger partial charge is 0.491 e. The number of nitrogens with zero attached hydrogens (tertiary/aromatic N) is 1. The lowest BCUT2D eigenvalue weighted by Crippen LogP contribution is -2.42. The summed E-state index contributed by atoms with van der Waals surface area (Å²) in [4.78, 5) is 25.6. The summed E-state index contributed by atoms with van der Waals surface area (Å²) in [5.41, 5.74) is 0.328. The molecule has 0 radical (unpaired) electrons. The predicted molar refractivity (Wildman–Crippen MR) is 89.1 cm³/mol. The number of benzene rings is 1. The lowest BCUT2D eigenvalue weighted by molar-refractivity contribution is -0.149. The van der Waals surface area contributed by atoms with Crippen LogP contribution in [0.3, 0.4) is 0 Å². The van der Waals surface area contributed by atoms with Crippen molar-refractivity contribution in [1.82, 2.24) is 10.2 Å². The first kappa shape index (κ1) is 16.6. The number of urea groups is 1. The summed E-state index contributed by atoms with van der Waals surface area (Å²) in [6.45, 7) is 3.61. The average Bonchev–Trinajstić information content (AvgIpc) is 3.11. The lowest BCUT2D eigenvalue weighted by atomic mass is 9.81. The van der Waals surface area contributed by atoms with E-state index >= 15 is 0 Å². The molecule has 24 heavy (non-hydrogen) atoms. The number of hydrogen-bond donors (Lipinski definition) is 2. The number of carboxylic acids is 1. The molecule has 1 aliphatic carbocycles. The minimum absolute atomic E-state index is 0.0870. The molecule has 1 aromatic carbocycles. The van der Waals surface area contributed by atoms with Crippen LogP contribution in [0.1, 0.15) is 24.8 Å². The molecular formula is C18H24N2O4. The van der Waals surface area contributed by atoms with Gasteiger partial charge in [0.2, 0.25) is 0 Å². The highest BCUT2D eigenvalue weighted by Gasteiger charge is 2.55. The number of ether oxygens (including phenoxy) is 1. The molecule has 1 saturated heterocycles. The molecule has 2 atom stereocenters. The van der Waals surface area contributed by atoms with Gasteiger partial charge in [0.15, 0.2) is 0 Å². The summed E-state index contributed by atoms with van der Waals surface area (Å²) in [7, 11) is 0. The number of carboxylic acid groups (broad SMARTS) is 1. The molecule has 2 amide bonds. The van der Waals surface area contributed by atoms with E-state index in [-0.39, 0.29) is 11.9 Å². The Bertz CT molecular complexity index is 633. The van der Waals surface area contributed by atoms with Crippen LogP contribution in [0.5, 0.6) is 5.75 Å². The number of carbonyl (C=O) groups is 2. The zero-order valence-corrected chi connectivity index (χ0v) is 14.0. The number of fused-ring (bicyclic) bond motifs is 1. The molecule has 1 aromatic rings. The maximum Gasteiger partial charge on any atom is 0.317 e. The van der Waals surface area contributed by atoms with Gasteiger partial charge in [-0.3, -0.25) is 4.79 Å². The molecule has 1 heterocycles. The minimum Gasteiger partial charge on any atom is -0.491 e. The van der Waals surface area contributed by atoms with Gasteiger partial charge in [-0.05, 0) is 37.3 Å². The highest BCUT2D eigenvalue weighted by Crippen LogP contribution is 2.48. The SMILES string of the molecule is Cc1ccccc1OCCNC(=O)N1C[C@@H]2CCC[C@@]2(C(=O)O)C1. The van der Waals surface area contributed by atoms with E-state index in [2.05, 4.69) is 5.32 Å². The Kier molecular flexibility index (Phi) is 4.64. The van der Waals surface area contributed by atoms with Crippen LogP contribution in [0.15, 0.2) is 24.3 Å². The number of rotatable bonds is 5. The summed E-state index contributed by atoms with van der Waals surface area (Å²) in [5, 5.41) is 12.4. The summed E-state index contributed by atoms with van der Waals surface area (Å²) in [6, 6.07) is 7.54. The van der Waals surface area contributed by atoms with Crippen LogP contribution in [0.4, 0.5) is 4.79 Å². The summed E-state index contributed by atoms with van der Waals surface area (Å²) < 4.78 is 5.66. The number of likely N-dealkylation sites (tertiary alicyclic amines) is 1. The number of aliphatic carboxylic acids is 1. The van der Waals surface area contributed by atoms with Crippen molar-refractivity contribution >= 4 is 12.0 Å². The molecule has 130 valence electrons. The van der Waals surface area contributed by atoms with Crippen LogP contribution in [0.2, 0.25) is 0 Å². The van der Waals surface area contributed by atoms with Crippen LogP contribution in [-0.2, 0) is 4.79 Å². The number of hydrogen-bond acceptors (Lipinski definition) is 3. The summed E-state index contributed by atoms with van der Waals surface area (Å²) in [6.07, 6.45) is 2.51. The van der Waals surface area contributed by atoms with Gasteiger partial charge in [0.1, 0.15) is 12.4 Å². The molecule has 0 bridgehead atoms. The Labute approximate surface area is 141 Å². The number of carbonyl (C=O) groups excluding carboxylic acids is 1. The van der Waals surface area contributed by atoms with Crippen LogP contribution in [-0.4, -0.2) is 48.2 Å². The van der Waals surface area contributed by atoms with E-state index in [0.717, 1.165) is 24.2 Å². The zero-order chi connectivity index (χ0) is 17.2. The van der Waals surface area contributed by atoms with Gasteiger partial charge in [0.25, 0.3) is 0 Å². The topological polar surface area (TPSA) is 78.9 Å². The van der Waals surface area contributed by atoms with Gasteiger partial charge in [-0.1, -0.05) is 24.6 Å². The number of amides is 2. The summed E-state index contributed by atoms with van der Waals surface area (Å²) in [5.74, 6) is 0.138. The highest BCUT2D eigenvalue weighted by molar-refractivity contribution is 5.80. The monoisotopic (exact) mass is 332 g/mol. The van der Waals surface area contributed by atoms with Gasteiger partial charge in [-0.15, -0.1) is 0 Å². The van der Waals surface area contributed by atoms with Crippen molar-refractivity contribution < 1.29 is 19.4 Å². The molecule has 6 heteroatoms. The van der Waals surface area contributed by atoms with E-state index < -0.39 is 11.4 Å². The van der Waals surface area contributed by atoms with Gasteiger partial charge in [-0.25, -0.2) is 4.79 Å². The normalized spacial score (nSPS) is 25.4. The fraction of sp³-hybridized carbons (Fsp3) is 0.556. The molecule has 0 unspecified atom stereocenters. The average molecular weight is 332 g/mol. The minimum atomic E-state index is -0.761. The molecule has 2 aliphatic rings. The van der Waals surface area contributed by atoms with Crippen LogP contribution >= 0.6 is 0 Å². The van der Waals surface area contributed by atoms with Crippen molar-refractivity contribution in [2.75, 3.05) is 26.2 Å². The third-order valence-electron chi connectivity index (χ3n) is 5.31. The zero-order valence-electron chi connectivity index (χ0n) is 14.0. The molecule has 1 aliphatic heterocycles. The Balaban J connectivity index is 1.47. The molecule has 0 spiro atoms. The predicted octanol–water partition coefficient (Wildman–Crippen LogP) is 2.27. The Morgan fingerprint density at radius 3 is 2.92 bits per heavy atom. The molecule has 3 rings (SSSR count). The fourth-order valence-electron chi connectivity index (χ4n) is 3.94. The van der Waals surface area contributed by atoms with Gasteiger partial charge in [-0.2, -0.15) is 0 Å². The molecule has 6 nitrogen and oxygen atoms in total. The van der Waals surface area contributed by atoms with E-state index in [1.807, 2.05) is 31.2 Å². The third kappa shape index (κ3) is 3.05. The van der Waals surface area contributed by atoms with Crippen molar-refractivity contribution in [3.05, 3.63) is 29.8 Å². The second-order valence-corrected chi connectivity index (χ2v) is 6.78. The van der Waals surface area contributed by atoms with Crippen LogP contribution < -0.4 is 10.1 Å². The van der Waals surface area contributed by atoms with Crippen molar-refractivity contribution in [2.45, 2.75) is 26.2 Å². The second-order valence-electron chi connectivity index (χ2n) is 6.78. The van der Waals surface area contributed by atoms with Crippen LogP contribution in [0, 0.1) is 18.3 Å². The first-order valence-electron chi connectivity index (χ1n) is 8.47. The molecular weight excluding hydrogens is 308 g/mol. The molecule has 2 fully saturated rings. The Morgan fingerprint density at radius 1 is 1.42 bits per heavy atom. The van der Waals surface area contributed by atoms with Gasteiger partial charge < -0.3 is 20.1 Å². The number of para-hydroxylation sites is 1. The Hall–Kier alpha value is -2.24. The Morgan fingerprint density at radius 2 is 2.21 bits per heavy atom. The summed E-state index contributed by atoms with van der Waals surface area (Å²) >= 11 is 0. The van der Waals surface area contributed by atoms with Gasteiger partial charge in [0.05, 0.1) is 12.0 Å².